The van der Waals surface area contributed by atoms with Crippen LogP contribution < -0.4 is 0 Å². The number of rotatable bonds is 0. The van der Waals surface area contributed by atoms with Gasteiger partial charge in [-0.05, 0) is 57.3 Å². The Labute approximate surface area is 124 Å². The summed E-state index contributed by atoms with van der Waals surface area (Å²) in [4.78, 5) is 0. The molecule has 0 atom stereocenters. The van der Waals surface area contributed by atoms with Gasteiger partial charge in [0, 0.05) is 10.4 Å². The van der Waals surface area contributed by atoms with Gasteiger partial charge < -0.3 is 0 Å². The van der Waals surface area contributed by atoms with E-state index in [9.17, 15) is 0 Å². The Balaban J connectivity index is 2.13. The molecule has 1 heteroatoms. The van der Waals surface area contributed by atoms with E-state index in [1.54, 1.807) is 0 Å². The van der Waals surface area contributed by atoms with Gasteiger partial charge in [-0.25, -0.2) is 0 Å². The molecule has 20 heavy (non-hydrogen) atoms. The summed E-state index contributed by atoms with van der Waals surface area (Å²) in [5.74, 6) is 0. The van der Waals surface area contributed by atoms with Gasteiger partial charge in [0.25, 0.3) is 0 Å². The molecule has 0 heterocycles. The summed E-state index contributed by atoms with van der Waals surface area (Å²) < 4.78 is 0. The van der Waals surface area contributed by atoms with Crippen molar-refractivity contribution in [2.24, 2.45) is 0 Å². The zero-order valence-electron chi connectivity index (χ0n) is 11.6. The van der Waals surface area contributed by atoms with Crippen LogP contribution in [0.1, 0.15) is 25.0 Å². The van der Waals surface area contributed by atoms with Crippen LogP contribution in [0.4, 0.5) is 0 Å². The second kappa shape index (κ2) is 3.86. The lowest BCUT2D eigenvalue weighted by Crippen LogP contribution is -2.14. The maximum atomic E-state index is 6.20. The Morgan fingerprint density at radius 3 is 2.15 bits per heavy atom. The molecule has 98 valence electrons. The molecule has 0 radical (unpaired) electrons. The highest BCUT2D eigenvalue weighted by Gasteiger charge is 2.35. The number of fused-ring (bicyclic) bond motifs is 4. The second-order valence-electron chi connectivity index (χ2n) is 6.06. The molecule has 0 unspecified atom stereocenters. The Hall–Kier alpha value is -1.79. The average molecular weight is 279 g/mol. The quantitative estimate of drug-likeness (QED) is 0.487. The van der Waals surface area contributed by atoms with Gasteiger partial charge in [-0.1, -0.05) is 55.8 Å². The maximum Gasteiger partial charge on any atom is 0.0412 e. The first-order valence-electron chi connectivity index (χ1n) is 6.91. The van der Waals surface area contributed by atoms with Crippen LogP contribution >= 0.6 is 11.6 Å². The van der Waals surface area contributed by atoms with Crippen molar-refractivity contribution in [3.8, 4) is 11.1 Å². The van der Waals surface area contributed by atoms with Crippen LogP contribution in [0.25, 0.3) is 21.9 Å². The van der Waals surface area contributed by atoms with E-state index in [2.05, 4.69) is 62.4 Å². The molecular weight excluding hydrogens is 264 g/mol. The largest absolute Gasteiger partial charge is 0.0843 e. The fourth-order valence-corrected chi connectivity index (χ4v) is 3.58. The molecular formula is C19H15Cl. The third-order valence-electron chi connectivity index (χ3n) is 4.50. The van der Waals surface area contributed by atoms with Gasteiger partial charge >= 0.3 is 0 Å². The molecule has 4 rings (SSSR count). The first-order valence-corrected chi connectivity index (χ1v) is 7.29. The Kier molecular flexibility index (Phi) is 2.32. The van der Waals surface area contributed by atoms with Crippen molar-refractivity contribution in [1.29, 1.82) is 0 Å². The van der Waals surface area contributed by atoms with E-state index in [-0.39, 0.29) is 5.41 Å². The van der Waals surface area contributed by atoms with Gasteiger partial charge in [0.15, 0.2) is 0 Å². The molecule has 0 aliphatic heterocycles. The van der Waals surface area contributed by atoms with Crippen molar-refractivity contribution in [3.63, 3.8) is 0 Å². The lowest BCUT2D eigenvalue weighted by molar-refractivity contribution is 0.661. The summed E-state index contributed by atoms with van der Waals surface area (Å²) in [6.07, 6.45) is 0. The molecule has 0 fully saturated rings. The molecule has 1 aliphatic rings. The summed E-state index contributed by atoms with van der Waals surface area (Å²) in [5.41, 5.74) is 5.41. The summed E-state index contributed by atoms with van der Waals surface area (Å²) in [6.45, 7) is 4.58. The third-order valence-corrected chi connectivity index (χ3v) is 4.74. The van der Waals surface area contributed by atoms with Crippen LogP contribution in [-0.2, 0) is 5.41 Å². The number of benzene rings is 3. The smallest absolute Gasteiger partial charge is 0.0412 e. The number of hydrogen-bond donors (Lipinski definition) is 0. The fraction of sp³-hybridized carbons (Fsp3) is 0.158. The van der Waals surface area contributed by atoms with Gasteiger partial charge in [-0.15, -0.1) is 0 Å². The highest BCUT2D eigenvalue weighted by Crippen LogP contribution is 2.50. The van der Waals surface area contributed by atoms with Gasteiger partial charge in [0.1, 0.15) is 0 Å². The molecule has 3 aromatic carbocycles. The molecule has 1 aliphatic carbocycles. The van der Waals surface area contributed by atoms with Crippen LogP contribution in [-0.4, -0.2) is 0 Å². The van der Waals surface area contributed by atoms with Crippen LogP contribution in [0.3, 0.4) is 0 Å². The van der Waals surface area contributed by atoms with Crippen molar-refractivity contribution < 1.29 is 0 Å². The molecule has 0 aromatic heterocycles. The average Bonchev–Trinajstić information content (AvgIpc) is 2.65. The summed E-state index contributed by atoms with van der Waals surface area (Å²) in [6, 6.07) is 19.4. The van der Waals surface area contributed by atoms with Crippen LogP contribution in [0, 0.1) is 0 Å². The predicted molar refractivity (Wildman–Crippen MR) is 86.5 cm³/mol. The minimum atomic E-state index is 0.0410. The topological polar surface area (TPSA) is 0 Å². The van der Waals surface area contributed by atoms with E-state index in [4.69, 9.17) is 11.6 Å². The Morgan fingerprint density at radius 1 is 0.750 bits per heavy atom. The summed E-state index contributed by atoms with van der Waals surface area (Å²) in [7, 11) is 0. The first kappa shape index (κ1) is 12.0. The normalized spacial score (nSPS) is 15.2. The number of hydrogen-bond acceptors (Lipinski definition) is 0. The lowest BCUT2D eigenvalue weighted by atomic mass is 9.82. The Morgan fingerprint density at radius 2 is 1.40 bits per heavy atom. The minimum absolute atomic E-state index is 0.0410. The maximum absolute atomic E-state index is 6.20. The molecule has 0 saturated carbocycles. The number of halogens is 1. The third kappa shape index (κ3) is 1.49. The van der Waals surface area contributed by atoms with Gasteiger partial charge in [0.2, 0.25) is 0 Å². The minimum Gasteiger partial charge on any atom is -0.0843 e. The zero-order valence-corrected chi connectivity index (χ0v) is 12.3. The fourth-order valence-electron chi connectivity index (χ4n) is 3.41. The van der Waals surface area contributed by atoms with E-state index < -0.39 is 0 Å². The standard InChI is InChI=1S/C19H15Cl/c1-19(2)17-8-7-14(20)11-16(17)15-9-12-5-3-4-6-13(12)10-18(15)19/h3-11H,1-2H3. The van der Waals surface area contributed by atoms with E-state index in [1.165, 1.54) is 33.0 Å². The second-order valence-corrected chi connectivity index (χ2v) is 6.50. The molecule has 0 nitrogen and oxygen atoms in total. The van der Waals surface area contributed by atoms with Crippen molar-refractivity contribution in [2.45, 2.75) is 19.3 Å². The van der Waals surface area contributed by atoms with Gasteiger partial charge in [-0.2, -0.15) is 0 Å². The SMILES string of the molecule is CC1(C)c2ccc(Cl)cc2-c2cc3ccccc3cc21. The van der Waals surface area contributed by atoms with Crippen molar-refractivity contribution in [1.82, 2.24) is 0 Å². The first-order chi connectivity index (χ1) is 9.57. The molecule has 0 spiro atoms. The van der Waals surface area contributed by atoms with E-state index in [0.29, 0.717) is 0 Å². The lowest BCUT2D eigenvalue weighted by Gasteiger charge is -2.21. The van der Waals surface area contributed by atoms with E-state index >= 15 is 0 Å². The molecule has 0 amide bonds. The molecule has 0 saturated heterocycles. The summed E-state index contributed by atoms with van der Waals surface area (Å²) in [5, 5.41) is 3.40. The van der Waals surface area contributed by atoms with Crippen molar-refractivity contribution in [3.05, 3.63) is 70.7 Å². The summed E-state index contributed by atoms with van der Waals surface area (Å²) >= 11 is 6.20. The Bertz CT molecular complexity index is 844. The van der Waals surface area contributed by atoms with Gasteiger partial charge in [-0.3, -0.25) is 0 Å². The van der Waals surface area contributed by atoms with Crippen molar-refractivity contribution in [2.75, 3.05) is 0 Å². The zero-order chi connectivity index (χ0) is 13.9. The van der Waals surface area contributed by atoms with Crippen LogP contribution in [0.5, 0.6) is 0 Å². The van der Waals surface area contributed by atoms with Crippen LogP contribution in [0.2, 0.25) is 5.02 Å². The molecule has 0 bridgehead atoms. The highest BCUT2D eigenvalue weighted by molar-refractivity contribution is 6.31. The van der Waals surface area contributed by atoms with Crippen molar-refractivity contribution >= 4 is 22.4 Å². The van der Waals surface area contributed by atoms with Crippen LogP contribution in [0.15, 0.2) is 54.6 Å². The van der Waals surface area contributed by atoms with E-state index in [0.717, 1.165) is 5.02 Å². The molecule has 3 aromatic rings. The van der Waals surface area contributed by atoms with Gasteiger partial charge in [0.05, 0.1) is 0 Å². The monoisotopic (exact) mass is 278 g/mol. The van der Waals surface area contributed by atoms with E-state index in [1.807, 2.05) is 6.07 Å². The predicted octanol–water partition coefficient (Wildman–Crippen LogP) is 5.80. The highest BCUT2D eigenvalue weighted by atomic mass is 35.5. The molecule has 0 N–H and O–H groups in total.